The Labute approximate surface area is 188 Å². The van der Waals surface area contributed by atoms with Gasteiger partial charge in [-0.05, 0) is 55.7 Å². The molecule has 1 saturated carbocycles. The Balaban J connectivity index is 1.74. The normalized spacial score (nSPS) is 14.7. The third-order valence-electron chi connectivity index (χ3n) is 5.70. The summed E-state index contributed by atoms with van der Waals surface area (Å²) in [5.41, 5.74) is 1.41. The summed E-state index contributed by atoms with van der Waals surface area (Å²) in [7, 11) is 0. The fourth-order valence-electron chi connectivity index (χ4n) is 4.14. The summed E-state index contributed by atoms with van der Waals surface area (Å²) in [4.78, 5) is 18.2. The van der Waals surface area contributed by atoms with E-state index in [0.717, 1.165) is 42.6 Å². The first-order valence-electron chi connectivity index (χ1n) is 11.3. The molecular weight excluding hydrogens is 402 g/mol. The van der Waals surface area contributed by atoms with Crippen LogP contribution < -0.4 is 15.0 Å². The molecule has 0 unspecified atom stereocenters. The van der Waals surface area contributed by atoms with Crippen molar-refractivity contribution < 1.29 is 9.47 Å². The molecule has 0 aliphatic heterocycles. The number of fused-ring (bicyclic) bond motifs is 1. The minimum Gasteiger partial charge on any atom is -0.490 e. The highest BCUT2D eigenvalue weighted by Crippen LogP contribution is 2.32. The molecule has 3 aromatic rings. The molecule has 1 fully saturated rings. The quantitative estimate of drug-likeness (QED) is 0.359. The monoisotopic (exact) mass is 431 g/mol. The summed E-state index contributed by atoms with van der Waals surface area (Å²) >= 11 is 0. The number of nitrogens with zero attached hydrogens (tertiary/aromatic N) is 3. The summed E-state index contributed by atoms with van der Waals surface area (Å²) in [5, 5.41) is 5.17. The number of hydrogen-bond donors (Lipinski definition) is 0. The zero-order chi connectivity index (χ0) is 22.3. The number of rotatable bonds is 8. The van der Waals surface area contributed by atoms with Crippen molar-refractivity contribution >= 4 is 17.1 Å². The van der Waals surface area contributed by atoms with Gasteiger partial charge in [-0.15, -0.1) is 0 Å². The molecule has 1 heterocycles. The van der Waals surface area contributed by atoms with Gasteiger partial charge in [0, 0.05) is 5.92 Å². The number of para-hydroxylation sites is 1. The van der Waals surface area contributed by atoms with E-state index in [0.29, 0.717) is 30.1 Å². The first-order valence-corrected chi connectivity index (χ1v) is 11.3. The lowest BCUT2D eigenvalue weighted by molar-refractivity contribution is 0.297. The van der Waals surface area contributed by atoms with E-state index in [1.807, 2.05) is 43.3 Å². The van der Waals surface area contributed by atoms with Crippen LogP contribution in [0.15, 0.2) is 65.0 Å². The van der Waals surface area contributed by atoms with Gasteiger partial charge in [-0.2, -0.15) is 9.78 Å². The van der Waals surface area contributed by atoms with Crippen molar-refractivity contribution in [2.24, 2.45) is 5.10 Å². The lowest BCUT2D eigenvalue weighted by atomic mass is 9.88. The van der Waals surface area contributed by atoms with Crippen LogP contribution in [0.25, 0.3) is 10.9 Å². The fourth-order valence-corrected chi connectivity index (χ4v) is 4.14. The number of ether oxygens (including phenoxy) is 2. The average Bonchev–Trinajstić information content (AvgIpc) is 2.83. The molecule has 0 saturated heterocycles. The van der Waals surface area contributed by atoms with Crippen molar-refractivity contribution in [1.82, 2.24) is 9.66 Å². The minimum atomic E-state index is -0.136. The van der Waals surface area contributed by atoms with Crippen molar-refractivity contribution in [2.75, 3.05) is 13.2 Å². The molecule has 6 heteroatoms. The molecule has 1 aliphatic carbocycles. The van der Waals surface area contributed by atoms with Gasteiger partial charge in [0.1, 0.15) is 12.4 Å². The molecule has 0 amide bonds. The molecule has 1 aromatic heterocycles. The molecule has 0 bridgehead atoms. The van der Waals surface area contributed by atoms with Crippen LogP contribution in [0.3, 0.4) is 0 Å². The van der Waals surface area contributed by atoms with E-state index >= 15 is 0 Å². The van der Waals surface area contributed by atoms with Gasteiger partial charge in [-0.25, -0.2) is 4.98 Å². The highest BCUT2D eigenvalue weighted by molar-refractivity contribution is 5.81. The highest BCUT2D eigenvalue weighted by atomic mass is 16.5. The van der Waals surface area contributed by atoms with E-state index in [2.05, 4.69) is 11.7 Å². The standard InChI is InChI=1S/C26H29N3O3/c1-3-16-32-23-15-14-19(17-24(23)31-4-2)18-27-29-25(20-10-6-5-7-11-20)28-22-13-9-8-12-21(22)26(29)30/h3,8-9,12-15,17-18,20H,1,4-7,10-11,16H2,2H3. The topological polar surface area (TPSA) is 65.7 Å². The van der Waals surface area contributed by atoms with Gasteiger partial charge in [-0.3, -0.25) is 4.79 Å². The predicted molar refractivity (Wildman–Crippen MR) is 128 cm³/mol. The molecule has 0 N–H and O–H groups in total. The summed E-state index contributed by atoms with van der Waals surface area (Å²) in [6.45, 7) is 6.53. The molecule has 32 heavy (non-hydrogen) atoms. The van der Waals surface area contributed by atoms with Crippen molar-refractivity contribution in [3.63, 3.8) is 0 Å². The van der Waals surface area contributed by atoms with E-state index in [1.54, 1.807) is 18.4 Å². The van der Waals surface area contributed by atoms with Gasteiger partial charge >= 0.3 is 0 Å². The van der Waals surface area contributed by atoms with Gasteiger partial charge in [-0.1, -0.05) is 44.1 Å². The summed E-state index contributed by atoms with van der Waals surface area (Å²) in [6, 6.07) is 13.1. The number of aromatic nitrogens is 2. The summed E-state index contributed by atoms with van der Waals surface area (Å²) < 4.78 is 12.9. The van der Waals surface area contributed by atoms with Crippen LogP contribution >= 0.6 is 0 Å². The molecule has 166 valence electrons. The first kappa shape index (κ1) is 21.8. The molecular formula is C26H29N3O3. The number of hydrogen-bond acceptors (Lipinski definition) is 5. The maximum absolute atomic E-state index is 13.3. The molecule has 0 radical (unpaired) electrons. The van der Waals surface area contributed by atoms with Crippen LogP contribution in [0, 0.1) is 0 Å². The second-order valence-electron chi connectivity index (χ2n) is 7.92. The van der Waals surface area contributed by atoms with Gasteiger partial charge in [0.15, 0.2) is 11.5 Å². The SMILES string of the molecule is C=CCOc1ccc(C=Nn2c(C3CCCCC3)nc3ccccc3c2=O)cc1OCC. The van der Waals surface area contributed by atoms with Crippen molar-refractivity contribution in [3.8, 4) is 11.5 Å². The Bertz CT molecular complexity index is 1180. The Hall–Kier alpha value is -3.41. The van der Waals surface area contributed by atoms with Crippen LogP contribution in [0.5, 0.6) is 11.5 Å². The molecule has 0 spiro atoms. The minimum absolute atomic E-state index is 0.136. The third kappa shape index (κ3) is 4.74. The highest BCUT2D eigenvalue weighted by Gasteiger charge is 2.22. The van der Waals surface area contributed by atoms with Crippen LogP contribution in [0.1, 0.15) is 56.3 Å². The van der Waals surface area contributed by atoms with Crippen molar-refractivity contribution in [3.05, 3.63) is 76.9 Å². The largest absolute Gasteiger partial charge is 0.490 e. The average molecular weight is 432 g/mol. The smallest absolute Gasteiger partial charge is 0.282 e. The van der Waals surface area contributed by atoms with Gasteiger partial charge in [0.25, 0.3) is 5.56 Å². The van der Waals surface area contributed by atoms with E-state index in [-0.39, 0.29) is 11.5 Å². The maximum atomic E-state index is 13.3. The zero-order valence-electron chi connectivity index (χ0n) is 18.5. The van der Waals surface area contributed by atoms with Gasteiger partial charge < -0.3 is 9.47 Å². The summed E-state index contributed by atoms with van der Waals surface area (Å²) in [6.07, 6.45) is 8.98. The second kappa shape index (κ2) is 10.3. The Kier molecular flexibility index (Phi) is 7.00. The van der Waals surface area contributed by atoms with E-state index in [1.165, 1.54) is 11.1 Å². The van der Waals surface area contributed by atoms with E-state index in [9.17, 15) is 4.79 Å². The van der Waals surface area contributed by atoms with Gasteiger partial charge in [0.2, 0.25) is 0 Å². The van der Waals surface area contributed by atoms with Crippen LogP contribution in [0.4, 0.5) is 0 Å². The summed E-state index contributed by atoms with van der Waals surface area (Å²) in [5.74, 6) is 2.28. The third-order valence-corrected chi connectivity index (χ3v) is 5.70. The van der Waals surface area contributed by atoms with E-state index in [4.69, 9.17) is 14.5 Å². The van der Waals surface area contributed by atoms with Crippen LogP contribution in [-0.4, -0.2) is 29.1 Å². The van der Waals surface area contributed by atoms with Crippen molar-refractivity contribution in [2.45, 2.75) is 44.9 Å². The van der Waals surface area contributed by atoms with Crippen molar-refractivity contribution in [1.29, 1.82) is 0 Å². The first-order chi connectivity index (χ1) is 15.7. The Morgan fingerprint density at radius 2 is 1.94 bits per heavy atom. The second-order valence-corrected chi connectivity index (χ2v) is 7.92. The molecule has 0 atom stereocenters. The van der Waals surface area contributed by atoms with E-state index < -0.39 is 0 Å². The Morgan fingerprint density at radius 3 is 2.72 bits per heavy atom. The number of benzene rings is 2. The lowest BCUT2D eigenvalue weighted by Crippen LogP contribution is -2.25. The lowest BCUT2D eigenvalue weighted by Gasteiger charge is -2.22. The van der Waals surface area contributed by atoms with Crippen LogP contribution in [0.2, 0.25) is 0 Å². The fraction of sp³-hybridized carbons (Fsp3) is 0.346. The molecule has 4 rings (SSSR count). The molecule has 1 aliphatic rings. The van der Waals surface area contributed by atoms with Gasteiger partial charge in [0.05, 0.1) is 23.7 Å². The predicted octanol–water partition coefficient (Wildman–Crippen LogP) is 5.29. The van der Waals surface area contributed by atoms with Crippen LogP contribution in [-0.2, 0) is 0 Å². The maximum Gasteiger partial charge on any atom is 0.282 e. The molecule has 2 aromatic carbocycles. The Morgan fingerprint density at radius 1 is 1.12 bits per heavy atom. The zero-order valence-corrected chi connectivity index (χ0v) is 18.5. The molecule has 6 nitrogen and oxygen atoms in total.